The van der Waals surface area contributed by atoms with Gasteiger partial charge in [-0.3, -0.25) is 4.98 Å². The van der Waals surface area contributed by atoms with Crippen molar-refractivity contribution in [3.8, 4) is 0 Å². The van der Waals surface area contributed by atoms with Crippen LogP contribution in [0.2, 0.25) is 5.02 Å². The highest BCUT2D eigenvalue weighted by atomic mass is 35.5. The van der Waals surface area contributed by atoms with Crippen LogP contribution in [0.25, 0.3) is 10.9 Å². The minimum absolute atomic E-state index is 0.671. The van der Waals surface area contributed by atoms with Crippen LogP contribution in [0.1, 0.15) is 28.5 Å². The number of fused-ring (bicyclic) bond motifs is 1. The largest absolute Gasteiger partial charge is 0.384 e. The third-order valence-corrected chi connectivity index (χ3v) is 4.09. The average molecular weight is 298 g/mol. The van der Waals surface area contributed by atoms with Crippen LogP contribution < -0.4 is 0 Å². The van der Waals surface area contributed by atoms with Gasteiger partial charge in [-0.15, -0.1) is 0 Å². The van der Waals surface area contributed by atoms with Gasteiger partial charge in [-0.2, -0.15) is 0 Å². The van der Waals surface area contributed by atoms with Gasteiger partial charge in [-0.1, -0.05) is 35.9 Å². The lowest BCUT2D eigenvalue weighted by Gasteiger charge is -2.13. The SMILES string of the molecule is Cc1ccc2cc(C(O)c3ccc(C)c(Cl)c3)ccc2n1. The van der Waals surface area contributed by atoms with Gasteiger partial charge in [-0.05, 0) is 54.8 Å². The number of hydrogen-bond donors (Lipinski definition) is 1. The molecular weight excluding hydrogens is 282 g/mol. The van der Waals surface area contributed by atoms with Crippen molar-refractivity contribution < 1.29 is 5.11 Å². The van der Waals surface area contributed by atoms with Crippen LogP contribution in [0.5, 0.6) is 0 Å². The van der Waals surface area contributed by atoms with Gasteiger partial charge in [0, 0.05) is 16.1 Å². The Morgan fingerprint density at radius 1 is 0.952 bits per heavy atom. The summed E-state index contributed by atoms with van der Waals surface area (Å²) in [4.78, 5) is 4.47. The number of aromatic nitrogens is 1. The van der Waals surface area contributed by atoms with E-state index >= 15 is 0 Å². The minimum atomic E-state index is -0.686. The molecule has 1 heterocycles. The summed E-state index contributed by atoms with van der Waals surface area (Å²) in [5, 5.41) is 12.2. The van der Waals surface area contributed by atoms with Crippen LogP contribution in [0.3, 0.4) is 0 Å². The first-order valence-corrected chi connectivity index (χ1v) is 7.24. The van der Waals surface area contributed by atoms with Gasteiger partial charge in [0.15, 0.2) is 0 Å². The average Bonchev–Trinajstić information content (AvgIpc) is 2.49. The van der Waals surface area contributed by atoms with E-state index in [1.165, 1.54) is 0 Å². The molecule has 0 saturated heterocycles. The van der Waals surface area contributed by atoms with Gasteiger partial charge < -0.3 is 5.11 Å². The molecule has 3 heteroatoms. The van der Waals surface area contributed by atoms with E-state index in [1.807, 2.05) is 62.4 Å². The van der Waals surface area contributed by atoms with Gasteiger partial charge in [0.05, 0.1) is 5.52 Å². The van der Waals surface area contributed by atoms with Crippen molar-refractivity contribution in [2.75, 3.05) is 0 Å². The summed E-state index contributed by atoms with van der Waals surface area (Å²) in [6.07, 6.45) is -0.686. The highest BCUT2D eigenvalue weighted by Crippen LogP contribution is 2.28. The Morgan fingerprint density at radius 3 is 2.43 bits per heavy atom. The van der Waals surface area contributed by atoms with Crippen molar-refractivity contribution in [3.05, 3.63) is 75.9 Å². The first-order chi connectivity index (χ1) is 10.0. The zero-order chi connectivity index (χ0) is 15.0. The molecule has 2 aromatic carbocycles. The van der Waals surface area contributed by atoms with E-state index in [1.54, 1.807) is 0 Å². The van der Waals surface area contributed by atoms with Crippen molar-refractivity contribution in [2.45, 2.75) is 20.0 Å². The number of hydrogen-bond acceptors (Lipinski definition) is 2. The fourth-order valence-corrected chi connectivity index (χ4v) is 2.58. The maximum absolute atomic E-state index is 10.5. The Labute approximate surface area is 129 Å². The first-order valence-electron chi connectivity index (χ1n) is 6.86. The summed E-state index contributed by atoms with van der Waals surface area (Å²) in [5.41, 5.74) is 4.57. The normalized spacial score (nSPS) is 12.6. The topological polar surface area (TPSA) is 33.1 Å². The Morgan fingerprint density at radius 2 is 1.67 bits per heavy atom. The quantitative estimate of drug-likeness (QED) is 0.750. The second-order valence-electron chi connectivity index (χ2n) is 5.32. The summed E-state index contributed by atoms with van der Waals surface area (Å²) >= 11 is 6.14. The van der Waals surface area contributed by atoms with Crippen LogP contribution in [-0.2, 0) is 0 Å². The smallest absolute Gasteiger partial charge is 0.104 e. The first kappa shape index (κ1) is 14.1. The number of benzene rings is 2. The molecule has 3 aromatic rings. The minimum Gasteiger partial charge on any atom is -0.384 e. The summed E-state index contributed by atoms with van der Waals surface area (Å²) in [6, 6.07) is 15.5. The molecule has 0 amide bonds. The van der Waals surface area contributed by atoms with Crippen LogP contribution in [0.4, 0.5) is 0 Å². The van der Waals surface area contributed by atoms with Gasteiger partial charge in [0.1, 0.15) is 6.10 Å². The van der Waals surface area contributed by atoms with Crippen molar-refractivity contribution in [1.29, 1.82) is 0 Å². The Balaban J connectivity index is 2.02. The molecule has 0 fully saturated rings. The van der Waals surface area contributed by atoms with Crippen molar-refractivity contribution >= 4 is 22.5 Å². The molecule has 3 rings (SSSR count). The van der Waals surface area contributed by atoms with E-state index in [9.17, 15) is 5.11 Å². The van der Waals surface area contributed by atoms with Crippen LogP contribution in [0.15, 0.2) is 48.5 Å². The number of aryl methyl sites for hydroxylation is 2. The maximum Gasteiger partial charge on any atom is 0.104 e. The number of aliphatic hydroxyl groups is 1. The number of pyridine rings is 1. The second-order valence-corrected chi connectivity index (χ2v) is 5.72. The number of nitrogens with zero attached hydrogens (tertiary/aromatic N) is 1. The molecule has 0 spiro atoms. The van der Waals surface area contributed by atoms with Gasteiger partial charge in [0.25, 0.3) is 0 Å². The predicted molar refractivity (Wildman–Crippen MR) is 86.7 cm³/mol. The molecule has 21 heavy (non-hydrogen) atoms. The van der Waals surface area contributed by atoms with Gasteiger partial charge in [0.2, 0.25) is 0 Å². The standard InChI is InChI=1S/C18H16ClNO/c1-11-3-5-15(10-16(11)19)18(21)14-7-8-17-13(9-14)6-4-12(2)20-17/h3-10,18,21H,1-2H3. The number of rotatable bonds is 2. The zero-order valence-corrected chi connectivity index (χ0v) is 12.7. The lowest BCUT2D eigenvalue weighted by Crippen LogP contribution is -2.00. The number of halogens is 1. The zero-order valence-electron chi connectivity index (χ0n) is 12.0. The summed E-state index contributed by atoms with van der Waals surface area (Å²) in [7, 11) is 0. The molecule has 0 aliphatic heterocycles. The van der Waals surface area contributed by atoms with Crippen LogP contribution in [0, 0.1) is 13.8 Å². The molecule has 1 aromatic heterocycles. The summed E-state index contributed by atoms with van der Waals surface area (Å²) in [6.45, 7) is 3.92. The maximum atomic E-state index is 10.5. The second kappa shape index (κ2) is 5.47. The Hall–Kier alpha value is -1.90. The highest BCUT2D eigenvalue weighted by molar-refractivity contribution is 6.31. The molecule has 0 aliphatic carbocycles. The molecular formula is C18H16ClNO. The van der Waals surface area contributed by atoms with E-state index in [-0.39, 0.29) is 0 Å². The lowest BCUT2D eigenvalue weighted by atomic mass is 9.99. The third kappa shape index (κ3) is 2.78. The Kier molecular flexibility index (Phi) is 3.66. The monoisotopic (exact) mass is 297 g/mol. The molecule has 0 saturated carbocycles. The fraction of sp³-hybridized carbons (Fsp3) is 0.167. The number of aliphatic hydroxyl groups excluding tert-OH is 1. The molecule has 1 unspecified atom stereocenters. The summed E-state index contributed by atoms with van der Waals surface area (Å²) < 4.78 is 0. The molecule has 0 aliphatic rings. The van der Waals surface area contributed by atoms with Crippen molar-refractivity contribution in [3.63, 3.8) is 0 Å². The molecule has 0 radical (unpaired) electrons. The third-order valence-electron chi connectivity index (χ3n) is 3.68. The van der Waals surface area contributed by atoms with E-state index in [0.717, 1.165) is 33.3 Å². The fourth-order valence-electron chi connectivity index (χ4n) is 2.39. The molecule has 0 bridgehead atoms. The highest BCUT2D eigenvalue weighted by Gasteiger charge is 2.12. The van der Waals surface area contributed by atoms with Crippen molar-refractivity contribution in [2.24, 2.45) is 0 Å². The lowest BCUT2D eigenvalue weighted by molar-refractivity contribution is 0.220. The molecule has 106 valence electrons. The van der Waals surface area contributed by atoms with Crippen molar-refractivity contribution in [1.82, 2.24) is 4.98 Å². The predicted octanol–water partition coefficient (Wildman–Crippen LogP) is 4.59. The van der Waals surface area contributed by atoms with Gasteiger partial charge >= 0.3 is 0 Å². The van der Waals surface area contributed by atoms with E-state index in [4.69, 9.17) is 11.6 Å². The summed E-state index contributed by atoms with van der Waals surface area (Å²) in [5.74, 6) is 0. The molecule has 1 N–H and O–H groups in total. The van der Waals surface area contributed by atoms with E-state index in [2.05, 4.69) is 4.98 Å². The molecule has 2 nitrogen and oxygen atoms in total. The molecule has 1 atom stereocenters. The van der Waals surface area contributed by atoms with E-state index < -0.39 is 6.10 Å². The van der Waals surface area contributed by atoms with E-state index in [0.29, 0.717) is 5.02 Å². The van der Waals surface area contributed by atoms with Crippen LogP contribution >= 0.6 is 11.6 Å². The van der Waals surface area contributed by atoms with Gasteiger partial charge in [-0.25, -0.2) is 0 Å². The van der Waals surface area contributed by atoms with Crippen LogP contribution in [-0.4, -0.2) is 10.1 Å². The Bertz CT molecular complexity index is 813.